The van der Waals surface area contributed by atoms with Crippen molar-refractivity contribution < 1.29 is 14.7 Å². The summed E-state index contributed by atoms with van der Waals surface area (Å²) in [6, 6.07) is 21.4. The van der Waals surface area contributed by atoms with Crippen molar-refractivity contribution in [2.24, 2.45) is 21.7 Å². The smallest absolute Gasteiger partial charge is 0.300 e. The van der Waals surface area contributed by atoms with Gasteiger partial charge in [0.1, 0.15) is 5.78 Å². The number of Topliss-reactive ketones (excluding diaryl/α,β-unsaturated/α-hetero) is 1. The van der Waals surface area contributed by atoms with Crippen LogP contribution in [0.15, 0.2) is 86.8 Å². The maximum absolute atomic E-state index is 10.1. The standard InChI is InChI=1S/2C13H13NS.C8H8N2S.C5H10O.C2H4O2/c2*1-8-13(2,3)10-4-5-11-9(6-7-15-11)12(10)14-8;9-10-7-2-1-3-8-6(7)4-5-11-8;1-4(2)5(3)6;1-2(3)4/h2*4-7H,1-3H3;1-5,10H,9H2;4H,1-3H3;1H3,(H,3,4). The number of hydrogen-bond acceptors (Lipinski definition) is 9. The zero-order valence-corrected chi connectivity index (χ0v) is 33.5. The van der Waals surface area contributed by atoms with E-state index in [0.29, 0.717) is 0 Å². The minimum atomic E-state index is -0.833. The van der Waals surface area contributed by atoms with E-state index in [0.717, 1.165) is 12.6 Å². The monoisotopic (exact) mass is 740 g/mol. The van der Waals surface area contributed by atoms with Crippen LogP contribution in [0, 0.1) is 5.92 Å². The first kappa shape index (κ1) is 39.6. The highest BCUT2D eigenvalue weighted by atomic mass is 32.1. The van der Waals surface area contributed by atoms with Crippen LogP contribution >= 0.6 is 34.0 Å². The van der Waals surface area contributed by atoms with E-state index in [1.165, 1.54) is 64.2 Å². The molecule has 51 heavy (non-hydrogen) atoms. The van der Waals surface area contributed by atoms with Crippen molar-refractivity contribution in [2.45, 2.75) is 80.1 Å². The first-order valence-electron chi connectivity index (χ1n) is 16.8. The van der Waals surface area contributed by atoms with Crippen LogP contribution in [0.5, 0.6) is 0 Å². The highest BCUT2D eigenvalue weighted by Crippen LogP contribution is 2.46. The molecule has 8 rings (SSSR count). The maximum atomic E-state index is 10.1. The van der Waals surface area contributed by atoms with Gasteiger partial charge in [0.15, 0.2) is 0 Å². The zero-order chi connectivity index (χ0) is 37.7. The molecule has 0 aliphatic carbocycles. The predicted octanol–water partition coefficient (Wildman–Crippen LogP) is 12.1. The molecule has 5 heterocycles. The van der Waals surface area contributed by atoms with Crippen molar-refractivity contribution in [3.05, 3.63) is 87.9 Å². The predicted molar refractivity (Wildman–Crippen MR) is 224 cm³/mol. The first-order chi connectivity index (χ1) is 24.0. The van der Waals surface area contributed by atoms with Crippen molar-refractivity contribution in [3.8, 4) is 0 Å². The van der Waals surface area contributed by atoms with Crippen LogP contribution < -0.4 is 11.3 Å². The molecule has 7 nitrogen and oxygen atoms in total. The van der Waals surface area contributed by atoms with E-state index in [2.05, 4.69) is 112 Å². The Balaban J connectivity index is 0.000000153. The van der Waals surface area contributed by atoms with Crippen LogP contribution in [-0.4, -0.2) is 28.3 Å². The number of nitrogens with two attached hydrogens (primary N) is 1. The van der Waals surface area contributed by atoms with Crippen LogP contribution in [0.3, 0.4) is 0 Å². The number of carboxylic acids is 1. The summed E-state index contributed by atoms with van der Waals surface area (Å²) in [5, 5.41) is 17.6. The molecule has 2 aliphatic rings. The fourth-order valence-electron chi connectivity index (χ4n) is 5.43. The number of hydrogen-bond donors (Lipinski definition) is 3. The number of carbonyl (C=O) groups excluding carboxylic acids is 1. The number of nitrogen functional groups attached to an aromatic ring is 1. The van der Waals surface area contributed by atoms with Crippen molar-refractivity contribution in [1.29, 1.82) is 0 Å². The molecule has 3 aromatic carbocycles. The number of aliphatic imine (C=N–C) groups is 2. The van der Waals surface area contributed by atoms with Crippen LogP contribution in [-0.2, 0) is 20.4 Å². The van der Waals surface area contributed by atoms with Gasteiger partial charge in [0.05, 0.1) is 17.1 Å². The lowest BCUT2D eigenvalue weighted by Gasteiger charge is -2.19. The molecule has 0 spiro atoms. The Bertz CT molecular complexity index is 2120. The Morgan fingerprint density at radius 2 is 1.06 bits per heavy atom. The van der Waals surface area contributed by atoms with Crippen LogP contribution in [0.2, 0.25) is 0 Å². The lowest BCUT2D eigenvalue weighted by atomic mass is 9.82. The minimum Gasteiger partial charge on any atom is -0.481 e. The third kappa shape index (κ3) is 8.81. The van der Waals surface area contributed by atoms with Gasteiger partial charge in [-0.15, -0.1) is 34.0 Å². The van der Waals surface area contributed by atoms with Gasteiger partial charge in [-0.2, -0.15) is 0 Å². The van der Waals surface area contributed by atoms with Crippen LogP contribution in [0.1, 0.15) is 80.4 Å². The topological polar surface area (TPSA) is 117 Å². The third-order valence-electron chi connectivity index (χ3n) is 9.39. The van der Waals surface area contributed by atoms with Crippen LogP contribution in [0.4, 0.5) is 17.1 Å². The number of thiophene rings is 3. The summed E-state index contributed by atoms with van der Waals surface area (Å²) in [5.41, 5.74) is 11.4. The SMILES string of the molecule is CC(=O)C(C)C.CC(=O)O.CC1=Nc2c(ccc3sccc23)C1(C)C.CC1=Nc2c(ccc3sccc23)C1(C)C.NNc1cccc2sccc12. The van der Waals surface area contributed by atoms with Gasteiger partial charge in [-0.1, -0.05) is 59.7 Å². The fourth-order valence-corrected chi connectivity index (χ4v) is 7.82. The normalized spacial score (nSPS) is 14.4. The van der Waals surface area contributed by atoms with Crippen molar-refractivity contribution >= 4 is 105 Å². The van der Waals surface area contributed by atoms with Gasteiger partial charge in [0, 0.05) is 65.4 Å². The summed E-state index contributed by atoms with van der Waals surface area (Å²) in [6.45, 7) is 19.7. The summed E-state index contributed by atoms with van der Waals surface area (Å²) in [6.07, 6.45) is 0. The Labute approximate surface area is 312 Å². The van der Waals surface area contributed by atoms with Gasteiger partial charge in [-0.05, 0) is 90.5 Å². The lowest BCUT2D eigenvalue weighted by Crippen LogP contribution is -2.22. The largest absolute Gasteiger partial charge is 0.481 e. The van der Waals surface area contributed by atoms with Crippen LogP contribution in [0.25, 0.3) is 30.3 Å². The van der Waals surface area contributed by atoms with Gasteiger partial charge >= 0.3 is 0 Å². The molecule has 4 N–H and O–H groups in total. The number of anilines is 1. The molecule has 0 radical (unpaired) electrons. The summed E-state index contributed by atoms with van der Waals surface area (Å²) in [4.78, 5) is 28.6. The highest BCUT2D eigenvalue weighted by molar-refractivity contribution is 7.17. The highest BCUT2D eigenvalue weighted by Gasteiger charge is 2.34. The van der Waals surface area contributed by atoms with Crippen molar-refractivity contribution in [3.63, 3.8) is 0 Å². The van der Waals surface area contributed by atoms with E-state index >= 15 is 0 Å². The number of nitrogens with one attached hydrogen (secondary N) is 1. The summed E-state index contributed by atoms with van der Waals surface area (Å²) >= 11 is 5.29. The molecular formula is C41H48N4O3S3. The maximum Gasteiger partial charge on any atom is 0.300 e. The number of fused-ring (bicyclic) bond motifs is 7. The molecule has 0 fully saturated rings. The Kier molecular flexibility index (Phi) is 12.7. The Morgan fingerprint density at radius 3 is 1.43 bits per heavy atom. The number of ketones is 1. The minimum absolute atomic E-state index is 0.103. The Morgan fingerprint density at radius 1 is 0.686 bits per heavy atom. The average molecular weight is 741 g/mol. The molecule has 268 valence electrons. The number of aliphatic carboxylic acids is 1. The number of benzene rings is 3. The quantitative estimate of drug-likeness (QED) is 0.121. The molecule has 0 saturated carbocycles. The molecule has 10 heteroatoms. The molecule has 0 bridgehead atoms. The van der Waals surface area contributed by atoms with Gasteiger partial charge < -0.3 is 10.5 Å². The molecule has 6 aromatic rings. The second kappa shape index (κ2) is 16.4. The van der Waals surface area contributed by atoms with Gasteiger partial charge in [0.25, 0.3) is 5.97 Å². The second-order valence-electron chi connectivity index (χ2n) is 13.8. The van der Waals surface area contributed by atoms with Crippen molar-refractivity contribution in [2.75, 3.05) is 5.43 Å². The molecule has 0 amide bonds. The van der Waals surface area contributed by atoms with Gasteiger partial charge in [0.2, 0.25) is 0 Å². The van der Waals surface area contributed by atoms with E-state index < -0.39 is 5.97 Å². The fraction of sp³-hybridized carbons (Fsp3) is 0.317. The molecular weight excluding hydrogens is 693 g/mol. The van der Waals surface area contributed by atoms with Crippen molar-refractivity contribution in [1.82, 2.24) is 0 Å². The molecule has 3 aromatic heterocycles. The molecule has 0 atom stereocenters. The summed E-state index contributed by atoms with van der Waals surface area (Å²) in [5.74, 6) is 4.97. The average Bonchev–Trinajstić information content (AvgIpc) is 3.90. The molecule has 0 unspecified atom stereocenters. The number of carboxylic acid groups (broad SMARTS) is 1. The number of rotatable bonds is 2. The number of carbonyl (C=O) groups is 2. The van der Waals surface area contributed by atoms with E-state index in [4.69, 9.17) is 25.7 Å². The van der Waals surface area contributed by atoms with E-state index in [1.54, 1.807) is 40.9 Å². The molecule has 2 aliphatic heterocycles. The van der Waals surface area contributed by atoms with E-state index in [1.807, 2.05) is 26.0 Å². The second-order valence-corrected chi connectivity index (χ2v) is 16.6. The summed E-state index contributed by atoms with van der Waals surface area (Å²) in [7, 11) is 0. The number of nitrogens with zero attached hydrogens (tertiary/aromatic N) is 2. The molecule has 0 saturated heterocycles. The first-order valence-corrected chi connectivity index (χ1v) is 19.4. The summed E-state index contributed by atoms with van der Waals surface area (Å²) < 4.78 is 3.94. The van der Waals surface area contributed by atoms with Gasteiger partial charge in [-0.25, -0.2) is 0 Å². The lowest BCUT2D eigenvalue weighted by molar-refractivity contribution is -0.134. The third-order valence-corrected chi connectivity index (χ3v) is 12.0. The zero-order valence-electron chi connectivity index (χ0n) is 31.0. The number of hydrazine groups is 1. The van der Waals surface area contributed by atoms with Gasteiger partial charge in [-0.3, -0.25) is 25.4 Å². The Hall–Kier alpha value is -4.22. The van der Waals surface area contributed by atoms with E-state index in [-0.39, 0.29) is 22.5 Å². The van der Waals surface area contributed by atoms with E-state index in [9.17, 15) is 4.79 Å².